The first-order valence-electron chi connectivity index (χ1n) is 9.02. The van der Waals surface area contributed by atoms with E-state index in [1.807, 2.05) is 31.3 Å². The smallest absolute Gasteiger partial charge is 0.261 e. The monoisotopic (exact) mass is 343 g/mol. The lowest BCUT2D eigenvalue weighted by Crippen LogP contribution is -2.47. The van der Waals surface area contributed by atoms with Crippen molar-refractivity contribution in [2.75, 3.05) is 26.3 Å². The van der Waals surface area contributed by atoms with Crippen molar-refractivity contribution in [2.45, 2.75) is 32.1 Å². The third kappa shape index (κ3) is 3.10. The topological polar surface area (TPSA) is 56.6 Å². The average Bonchev–Trinajstić information content (AvgIpc) is 3.08. The lowest BCUT2D eigenvalue weighted by atomic mass is 9.90. The van der Waals surface area contributed by atoms with E-state index in [4.69, 9.17) is 14.5 Å². The van der Waals surface area contributed by atoms with Crippen LogP contribution in [0.2, 0.25) is 0 Å². The summed E-state index contributed by atoms with van der Waals surface area (Å²) < 4.78 is 13.4. The van der Waals surface area contributed by atoms with Gasteiger partial charge in [0, 0.05) is 19.5 Å². The number of para-hydroxylation sites is 1. The number of nitrogens with zero attached hydrogens (tertiary/aromatic N) is 3. The van der Waals surface area contributed by atoms with Crippen LogP contribution in [0.3, 0.4) is 0 Å². The molecule has 3 heterocycles. The molecule has 2 aliphatic rings. The number of fused-ring (bicyclic) bond motifs is 1. The molecule has 134 valence electrons. The van der Waals surface area contributed by atoms with Crippen LogP contribution in [0.4, 0.5) is 0 Å². The summed E-state index contributed by atoms with van der Waals surface area (Å²) in [5.74, 6) is 0.686. The molecule has 0 aliphatic carbocycles. The minimum Gasteiger partial charge on any atom is -0.347 e. The molecule has 0 saturated carbocycles. The number of aromatic nitrogens is 2. The second kappa shape index (κ2) is 6.52. The summed E-state index contributed by atoms with van der Waals surface area (Å²) in [6.07, 6.45) is 2.21. The van der Waals surface area contributed by atoms with Crippen molar-refractivity contribution in [1.29, 1.82) is 0 Å². The molecule has 0 amide bonds. The molecule has 0 radical (unpaired) electrons. The van der Waals surface area contributed by atoms with E-state index in [0.717, 1.165) is 37.3 Å². The molecule has 6 heteroatoms. The molecule has 1 unspecified atom stereocenters. The Balaban J connectivity index is 1.56. The van der Waals surface area contributed by atoms with E-state index in [1.165, 1.54) is 0 Å². The van der Waals surface area contributed by atoms with Crippen molar-refractivity contribution in [1.82, 2.24) is 14.5 Å². The molecule has 1 aromatic heterocycles. The average molecular weight is 343 g/mol. The maximum Gasteiger partial charge on any atom is 0.261 e. The van der Waals surface area contributed by atoms with E-state index in [1.54, 1.807) is 4.57 Å². The van der Waals surface area contributed by atoms with Crippen LogP contribution in [0, 0.1) is 5.92 Å². The SMILES string of the molecule is Cn1c(CN2CCCC(C3(C)OCCO3)C2)nc2ccccc2c1=O. The van der Waals surface area contributed by atoms with Gasteiger partial charge in [-0.15, -0.1) is 0 Å². The molecule has 2 saturated heterocycles. The Labute approximate surface area is 147 Å². The Morgan fingerprint density at radius 3 is 2.84 bits per heavy atom. The Morgan fingerprint density at radius 2 is 2.04 bits per heavy atom. The first-order valence-corrected chi connectivity index (χ1v) is 9.02. The van der Waals surface area contributed by atoms with Crippen molar-refractivity contribution < 1.29 is 9.47 Å². The van der Waals surface area contributed by atoms with E-state index in [2.05, 4.69) is 11.8 Å². The molecule has 1 atom stereocenters. The van der Waals surface area contributed by atoms with Crippen LogP contribution in [-0.4, -0.2) is 46.5 Å². The van der Waals surface area contributed by atoms with Gasteiger partial charge >= 0.3 is 0 Å². The van der Waals surface area contributed by atoms with Gasteiger partial charge in [-0.05, 0) is 38.4 Å². The first kappa shape index (κ1) is 16.7. The van der Waals surface area contributed by atoms with Crippen LogP contribution < -0.4 is 5.56 Å². The van der Waals surface area contributed by atoms with Gasteiger partial charge in [0.15, 0.2) is 5.79 Å². The largest absolute Gasteiger partial charge is 0.347 e. The highest BCUT2D eigenvalue weighted by molar-refractivity contribution is 5.77. The van der Waals surface area contributed by atoms with Crippen molar-refractivity contribution in [3.8, 4) is 0 Å². The van der Waals surface area contributed by atoms with E-state index in [-0.39, 0.29) is 5.56 Å². The van der Waals surface area contributed by atoms with E-state index in [0.29, 0.717) is 31.1 Å². The lowest BCUT2D eigenvalue weighted by Gasteiger charge is -2.39. The molecular formula is C19H25N3O3. The zero-order valence-electron chi connectivity index (χ0n) is 14.9. The van der Waals surface area contributed by atoms with Crippen molar-refractivity contribution in [2.24, 2.45) is 13.0 Å². The third-order valence-corrected chi connectivity index (χ3v) is 5.55. The minimum atomic E-state index is -0.471. The fourth-order valence-corrected chi connectivity index (χ4v) is 4.00. The highest BCUT2D eigenvalue weighted by Gasteiger charge is 2.41. The maximum atomic E-state index is 12.6. The quantitative estimate of drug-likeness (QED) is 0.852. The van der Waals surface area contributed by atoms with Gasteiger partial charge < -0.3 is 9.47 Å². The highest BCUT2D eigenvalue weighted by atomic mass is 16.7. The fourth-order valence-electron chi connectivity index (χ4n) is 4.00. The Kier molecular flexibility index (Phi) is 4.35. The number of piperidine rings is 1. The van der Waals surface area contributed by atoms with Gasteiger partial charge in [0.25, 0.3) is 5.56 Å². The number of rotatable bonds is 3. The molecule has 2 aliphatic heterocycles. The molecule has 0 spiro atoms. The molecule has 0 N–H and O–H groups in total. The predicted octanol–water partition coefficient (Wildman–Crippen LogP) is 1.91. The van der Waals surface area contributed by atoms with Crippen LogP contribution in [0.15, 0.2) is 29.1 Å². The molecule has 4 rings (SSSR count). The summed E-state index contributed by atoms with van der Waals surface area (Å²) in [4.78, 5) is 19.7. The molecular weight excluding hydrogens is 318 g/mol. The number of likely N-dealkylation sites (tertiary alicyclic amines) is 1. The first-order chi connectivity index (χ1) is 12.1. The van der Waals surface area contributed by atoms with Gasteiger partial charge in [-0.3, -0.25) is 14.3 Å². The highest BCUT2D eigenvalue weighted by Crippen LogP contribution is 2.34. The Hall–Kier alpha value is -1.76. The lowest BCUT2D eigenvalue weighted by molar-refractivity contribution is -0.192. The molecule has 2 aromatic rings. The number of hydrogen-bond acceptors (Lipinski definition) is 5. The summed E-state index contributed by atoms with van der Waals surface area (Å²) in [7, 11) is 1.81. The molecule has 6 nitrogen and oxygen atoms in total. The van der Waals surface area contributed by atoms with Gasteiger partial charge in [-0.2, -0.15) is 0 Å². The van der Waals surface area contributed by atoms with E-state index >= 15 is 0 Å². The van der Waals surface area contributed by atoms with Gasteiger partial charge in [0.2, 0.25) is 0 Å². The van der Waals surface area contributed by atoms with Gasteiger partial charge in [-0.25, -0.2) is 4.98 Å². The zero-order valence-corrected chi connectivity index (χ0v) is 14.9. The summed E-state index contributed by atoms with van der Waals surface area (Å²) in [5.41, 5.74) is 0.784. The normalized spacial score (nSPS) is 24.0. The zero-order chi connectivity index (χ0) is 17.4. The van der Waals surface area contributed by atoms with Crippen molar-refractivity contribution in [3.63, 3.8) is 0 Å². The van der Waals surface area contributed by atoms with Gasteiger partial charge in [-0.1, -0.05) is 12.1 Å². The summed E-state index contributed by atoms with van der Waals surface area (Å²) >= 11 is 0. The van der Waals surface area contributed by atoms with E-state index in [9.17, 15) is 4.79 Å². The number of ether oxygens (including phenoxy) is 2. The fraction of sp³-hybridized carbons (Fsp3) is 0.579. The summed E-state index contributed by atoms with van der Waals surface area (Å²) in [6.45, 7) is 5.98. The molecule has 1 aromatic carbocycles. The molecule has 0 bridgehead atoms. The Bertz CT molecular complexity index is 826. The van der Waals surface area contributed by atoms with Crippen LogP contribution in [0.25, 0.3) is 10.9 Å². The maximum absolute atomic E-state index is 12.6. The number of hydrogen-bond donors (Lipinski definition) is 0. The van der Waals surface area contributed by atoms with Gasteiger partial charge in [0.05, 0.1) is 30.7 Å². The number of benzene rings is 1. The standard InChI is InChI=1S/C19H25N3O3/c1-19(24-10-11-25-19)14-6-5-9-22(12-14)13-17-20-16-8-4-3-7-15(16)18(23)21(17)2/h3-4,7-8,14H,5-6,9-13H2,1-2H3. The Morgan fingerprint density at radius 1 is 1.28 bits per heavy atom. The predicted molar refractivity (Wildman–Crippen MR) is 95.3 cm³/mol. The van der Waals surface area contributed by atoms with Crippen molar-refractivity contribution >= 4 is 10.9 Å². The van der Waals surface area contributed by atoms with Crippen LogP contribution in [-0.2, 0) is 23.1 Å². The second-order valence-electron chi connectivity index (χ2n) is 7.20. The second-order valence-corrected chi connectivity index (χ2v) is 7.20. The summed E-state index contributed by atoms with van der Waals surface area (Å²) in [6, 6.07) is 7.54. The molecule has 2 fully saturated rings. The van der Waals surface area contributed by atoms with Gasteiger partial charge in [0.1, 0.15) is 5.82 Å². The van der Waals surface area contributed by atoms with Crippen LogP contribution >= 0.6 is 0 Å². The summed E-state index contributed by atoms with van der Waals surface area (Å²) in [5, 5.41) is 0.672. The van der Waals surface area contributed by atoms with Crippen LogP contribution in [0.5, 0.6) is 0 Å². The minimum absolute atomic E-state index is 0.0172. The van der Waals surface area contributed by atoms with Crippen LogP contribution in [0.1, 0.15) is 25.6 Å². The molecule has 25 heavy (non-hydrogen) atoms. The van der Waals surface area contributed by atoms with Crippen molar-refractivity contribution in [3.05, 3.63) is 40.4 Å². The third-order valence-electron chi connectivity index (χ3n) is 5.55. The van der Waals surface area contributed by atoms with E-state index < -0.39 is 5.79 Å².